The van der Waals surface area contributed by atoms with Crippen molar-refractivity contribution in [1.29, 1.82) is 0 Å². The highest BCUT2D eigenvalue weighted by atomic mass is 16.4. The summed E-state index contributed by atoms with van der Waals surface area (Å²) in [6.45, 7) is 1.83. The summed E-state index contributed by atoms with van der Waals surface area (Å²) in [5.41, 5.74) is 0. The predicted octanol–water partition coefficient (Wildman–Crippen LogP) is 1.44. The molecular formula is C7H9NO2. The number of allylic oxidation sites excluding steroid dienone is 2. The summed E-state index contributed by atoms with van der Waals surface area (Å²) in [4.78, 5) is 11.7. The Hall–Kier alpha value is -1.25. The highest BCUT2D eigenvalue weighted by Gasteiger charge is 2.14. The van der Waals surface area contributed by atoms with Crippen LogP contribution < -0.4 is 0 Å². The van der Waals surface area contributed by atoms with Gasteiger partial charge in [0.1, 0.15) is 0 Å². The summed E-state index contributed by atoms with van der Waals surface area (Å²) in [6, 6.07) is -0.0394. The molecule has 1 heterocycles. The molecule has 0 saturated heterocycles. The summed E-state index contributed by atoms with van der Waals surface area (Å²) < 4.78 is 0. The lowest BCUT2D eigenvalue weighted by atomic mass is 10.2. The molecule has 10 heavy (non-hydrogen) atoms. The van der Waals surface area contributed by atoms with Crippen LogP contribution in [0.1, 0.15) is 6.92 Å². The zero-order valence-electron chi connectivity index (χ0n) is 5.69. The number of carboxylic acid groups (broad SMARTS) is 1. The lowest BCUT2D eigenvalue weighted by Gasteiger charge is -2.21. The molecule has 1 atom stereocenters. The van der Waals surface area contributed by atoms with Crippen molar-refractivity contribution in [2.45, 2.75) is 13.0 Å². The molecule has 0 radical (unpaired) electrons. The van der Waals surface area contributed by atoms with Crippen LogP contribution in [0.5, 0.6) is 0 Å². The number of amides is 1. The molecule has 0 saturated carbocycles. The van der Waals surface area contributed by atoms with E-state index in [0.29, 0.717) is 0 Å². The molecule has 0 bridgehead atoms. The van der Waals surface area contributed by atoms with Crippen molar-refractivity contribution in [2.24, 2.45) is 0 Å². The largest absolute Gasteiger partial charge is 0.465 e. The molecule has 1 rings (SSSR count). The quantitative estimate of drug-likeness (QED) is 0.551. The maximum Gasteiger partial charge on any atom is 0.411 e. The number of rotatable bonds is 0. The molecule has 0 aromatic heterocycles. The van der Waals surface area contributed by atoms with Gasteiger partial charge in [-0.15, -0.1) is 0 Å². The maximum atomic E-state index is 10.4. The molecule has 0 aromatic rings. The van der Waals surface area contributed by atoms with Crippen molar-refractivity contribution in [1.82, 2.24) is 4.90 Å². The summed E-state index contributed by atoms with van der Waals surface area (Å²) in [5, 5.41) is 8.55. The SMILES string of the molecule is C[C@H]1C=CC=CN1C(=O)O. The number of hydrogen-bond donors (Lipinski definition) is 1. The van der Waals surface area contributed by atoms with Crippen LogP contribution in [0.25, 0.3) is 0 Å². The third-order valence-corrected chi connectivity index (χ3v) is 1.41. The molecule has 0 spiro atoms. The molecule has 1 aliphatic heterocycles. The molecule has 54 valence electrons. The Morgan fingerprint density at radius 2 is 2.30 bits per heavy atom. The Kier molecular flexibility index (Phi) is 1.76. The molecule has 1 N–H and O–H groups in total. The summed E-state index contributed by atoms with van der Waals surface area (Å²) >= 11 is 0. The van der Waals surface area contributed by atoms with Crippen molar-refractivity contribution in [2.75, 3.05) is 0 Å². The van der Waals surface area contributed by atoms with Crippen molar-refractivity contribution in [3.05, 3.63) is 24.4 Å². The van der Waals surface area contributed by atoms with Crippen LogP contribution in [-0.2, 0) is 0 Å². The van der Waals surface area contributed by atoms with Gasteiger partial charge in [-0.05, 0) is 13.0 Å². The average Bonchev–Trinajstić information content (AvgIpc) is 1.88. The van der Waals surface area contributed by atoms with Crippen molar-refractivity contribution < 1.29 is 9.90 Å². The van der Waals surface area contributed by atoms with Crippen molar-refractivity contribution in [3.63, 3.8) is 0 Å². The number of nitrogens with zero attached hydrogens (tertiary/aromatic N) is 1. The standard InChI is InChI=1S/C7H9NO2/c1-6-4-2-3-5-8(6)7(9)10/h2-6H,1H3,(H,9,10)/t6-/m0/s1. The summed E-state index contributed by atoms with van der Waals surface area (Å²) in [6.07, 6.45) is 6.01. The Labute approximate surface area is 59.3 Å². The van der Waals surface area contributed by atoms with E-state index in [9.17, 15) is 4.79 Å². The van der Waals surface area contributed by atoms with Crippen molar-refractivity contribution in [3.8, 4) is 0 Å². The number of carbonyl (C=O) groups is 1. The Balaban J connectivity index is 2.70. The van der Waals surface area contributed by atoms with Gasteiger partial charge in [-0.2, -0.15) is 0 Å². The van der Waals surface area contributed by atoms with Crippen LogP contribution in [0, 0.1) is 0 Å². The molecule has 0 aromatic carbocycles. The van der Waals surface area contributed by atoms with E-state index >= 15 is 0 Å². The molecule has 1 amide bonds. The average molecular weight is 139 g/mol. The van der Waals surface area contributed by atoms with E-state index in [0.717, 1.165) is 0 Å². The highest BCUT2D eigenvalue weighted by molar-refractivity contribution is 5.67. The van der Waals surface area contributed by atoms with Gasteiger partial charge in [-0.1, -0.05) is 12.2 Å². The van der Waals surface area contributed by atoms with E-state index in [1.54, 1.807) is 12.3 Å². The lowest BCUT2D eigenvalue weighted by Crippen LogP contribution is -2.32. The van der Waals surface area contributed by atoms with Crippen molar-refractivity contribution >= 4 is 6.09 Å². The van der Waals surface area contributed by atoms with E-state index in [1.165, 1.54) is 4.90 Å². The molecule has 1 aliphatic rings. The Morgan fingerprint density at radius 1 is 1.60 bits per heavy atom. The molecule has 0 aliphatic carbocycles. The number of hydrogen-bond acceptors (Lipinski definition) is 1. The van der Waals surface area contributed by atoms with Gasteiger partial charge in [0.2, 0.25) is 0 Å². The minimum atomic E-state index is -0.909. The zero-order chi connectivity index (χ0) is 7.56. The van der Waals surface area contributed by atoms with Gasteiger partial charge < -0.3 is 5.11 Å². The van der Waals surface area contributed by atoms with Crippen LogP contribution in [0.4, 0.5) is 4.79 Å². The molecule has 3 nitrogen and oxygen atoms in total. The van der Waals surface area contributed by atoms with Crippen LogP contribution in [0.15, 0.2) is 24.4 Å². The fraction of sp³-hybridized carbons (Fsp3) is 0.286. The van der Waals surface area contributed by atoms with Crippen LogP contribution in [0.3, 0.4) is 0 Å². The van der Waals surface area contributed by atoms with E-state index in [4.69, 9.17) is 5.11 Å². The van der Waals surface area contributed by atoms with Crippen LogP contribution >= 0.6 is 0 Å². The second-order valence-electron chi connectivity index (χ2n) is 2.16. The van der Waals surface area contributed by atoms with Gasteiger partial charge in [-0.3, -0.25) is 4.90 Å². The molecule has 3 heteroatoms. The smallest absolute Gasteiger partial charge is 0.411 e. The lowest BCUT2D eigenvalue weighted by molar-refractivity contribution is 0.156. The van der Waals surface area contributed by atoms with Crippen LogP contribution in [0.2, 0.25) is 0 Å². The predicted molar refractivity (Wildman–Crippen MR) is 37.6 cm³/mol. The van der Waals surface area contributed by atoms with E-state index in [2.05, 4.69) is 0 Å². The molecule has 0 fully saturated rings. The van der Waals surface area contributed by atoms with E-state index in [1.807, 2.05) is 19.1 Å². The van der Waals surface area contributed by atoms with Gasteiger partial charge in [0, 0.05) is 6.20 Å². The van der Waals surface area contributed by atoms with Crippen LogP contribution in [-0.4, -0.2) is 22.1 Å². The first kappa shape index (κ1) is 6.86. The first-order valence-corrected chi connectivity index (χ1v) is 3.08. The minimum Gasteiger partial charge on any atom is -0.465 e. The first-order valence-electron chi connectivity index (χ1n) is 3.08. The van der Waals surface area contributed by atoms with E-state index < -0.39 is 6.09 Å². The molecular weight excluding hydrogens is 130 g/mol. The third kappa shape index (κ3) is 1.18. The Morgan fingerprint density at radius 3 is 2.70 bits per heavy atom. The fourth-order valence-electron chi connectivity index (χ4n) is 0.834. The third-order valence-electron chi connectivity index (χ3n) is 1.41. The second kappa shape index (κ2) is 2.56. The zero-order valence-corrected chi connectivity index (χ0v) is 5.69. The van der Waals surface area contributed by atoms with E-state index in [-0.39, 0.29) is 6.04 Å². The maximum absolute atomic E-state index is 10.4. The monoisotopic (exact) mass is 139 g/mol. The van der Waals surface area contributed by atoms with Gasteiger partial charge in [0.25, 0.3) is 0 Å². The highest BCUT2D eigenvalue weighted by Crippen LogP contribution is 2.06. The first-order chi connectivity index (χ1) is 4.72. The normalized spacial score (nSPS) is 23.3. The second-order valence-corrected chi connectivity index (χ2v) is 2.16. The summed E-state index contributed by atoms with van der Waals surface area (Å²) in [7, 11) is 0. The van der Waals surface area contributed by atoms with Gasteiger partial charge in [0.05, 0.1) is 6.04 Å². The Bertz CT molecular complexity index is 196. The van der Waals surface area contributed by atoms with Gasteiger partial charge in [-0.25, -0.2) is 4.79 Å². The minimum absolute atomic E-state index is 0.0394. The topological polar surface area (TPSA) is 40.5 Å². The van der Waals surface area contributed by atoms with Gasteiger partial charge >= 0.3 is 6.09 Å². The molecule has 0 unspecified atom stereocenters. The van der Waals surface area contributed by atoms with Gasteiger partial charge in [0.15, 0.2) is 0 Å². The summed E-state index contributed by atoms with van der Waals surface area (Å²) in [5.74, 6) is 0. The fourth-order valence-corrected chi connectivity index (χ4v) is 0.834.